The highest BCUT2D eigenvalue weighted by Gasteiger charge is 2.15. The van der Waals surface area contributed by atoms with Crippen molar-refractivity contribution in [3.8, 4) is 11.5 Å². The van der Waals surface area contributed by atoms with Crippen LogP contribution in [0.15, 0.2) is 24.8 Å². The fourth-order valence-electron chi connectivity index (χ4n) is 1.30. The third kappa shape index (κ3) is 3.73. The lowest BCUT2D eigenvalue weighted by Crippen LogP contribution is -2.02. The molecule has 1 aromatic rings. The molecule has 4 heteroatoms. The lowest BCUT2D eigenvalue weighted by Gasteiger charge is -2.10. The molecule has 0 amide bonds. The molecule has 0 aliphatic carbocycles. The van der Waals surface area contributed by atoms with Gasteiger partial charge >= 0.3 is 0 Å². The number of ether oxygens (including phenoxy) is 2. The number of unbranched alkanes of at least 4 members (excludes halogenated alkanes) is 1. The summed E-state index contributed by atoms with van der Waals surface area (Å²) >= 11 is 0. The molecular formula is C13H16F2O2. The summed E-state index contributed by atoms with van der Waals surface area (Å²) in [5.41, 5.74) is 0. The Balaban J connectivity index is 2.67. The maximum atomic E-state index is 13.5. The Labute approximate surface area is 99.9 Å². The molecule has 0 atom stereocenters. The van der Waals surface area contributed by atoms with Gasteiger partial charge in [0.1, 0.15) is 0 Å². The monoisotopic (exact) mass is 242 g/mol. The van der Waals surface area contributed by atoms with Gasteiger partial charge in [-0.15, -0.1) is 6.58 Å². The van der Waals surface area contributed by atoms with E-state index in [1.807, 2.05) is 0 Å². The van der Waals surface area contributed by atoms with Crippen molar-refractivity contribution in [3.05, 3.63) is 36.4 Å². The lowest BCUT2D eigenvalue weighted by atomic mass is 10.3. The second-order valence-corrected chi connectivity index (χ2v) is 3.40. The molecule has 0 spiro atoms. The van der Waals surface area contributed by atoms with Gasteiger partial charge in [-0.3, -0.25) is 0 Å². The van der Waals surface area contributed by atoms with Crippen LogP contribution < -0.4 is 9.47 Å². The van der Waals surface area contributed by atoms with Crippen LogP contribution in [0.4, 0.5) is 8.78 Å². The minimum Gasteiger partial charge on any atom is -0.491 e. The summed E-state index contributed by atoms with van der Waals surface area (Å²) in [6.07, 6.45) is 3.25. The topological polar surface area (TPSA) is 18.5 Å². The summed E-state index contributed by atoms with van der Waals surface area (Å²) < 4.78 is 37.0. The lowest BCUT2D eigenvalue weighted by molar-refractivity contribution is 0.279. The SMILES string of the molecule is C=CCCCOc1ccc(OCC)c(F)c1F. The van der Waals surface area contributed by atoms with Crippen molar-refractivity contribution in [2.75, 3.05) is 13.2 Å². The first-order valence-corrected chi connectivity index (χ1v) is 5.55. The quantitative estimate of drug-likeness (QED) is 0.536. The van der Waals surface area contributed by atoms with E-state index in [0.29, 0.717) is 6.61 Å². The number of hydrogen-bond acceptors (Lipinski definition) is 2. The van der Waals surface area contributed by atoms with E-state index >= 15 is 0 Å². The van der Waals surface area contributed by atoms with E-state index in [0.717, 1.165) is 12.8 Å². The maximum Gasteiger partial charge on any atom is 0.204 e. The van der Waals surface area contributed by atoms with Gasteiger partial charge in [0, 0.05) is 0 Å². The first kappa shape index (κ1) is 13.5. The van der Waals surface area contributed by atoms with Gasteiger partial charge in [-0.25, -0.2) is 0 Å². The molecule has 0 bridgehead atoms. The van der Waals surface area contributed by atoms with Crippen LogP contribution in [0.25, 0.3) is 0 Å². The standard InChI is InChI=1S/C13H16F2O2/c1-3-5-6-9-17-11-8-7-10(16-4-2)12(14)13(11)15/h3,7-8H,1,4-6,9H2,2H3. The minimum atomic E-state index is -1.01. The Bertz CT molecular complexity index is 378. The van der Waals surface area contributed by atoms with E-state index in [-0.39, 0.29) is 18.1 Å². The summed E-state index contributed by atoms with van der Waals surface area (Å²) in [5.74, 6) is -2.19. The summed E-state index contributed by atoms with van der Waals surface area (Å²) in [4.78, 5) is 0. The van der Waals surface area contributed by atoms with E-state index in [1.165, 1.54) is 12.1 Å². The molecule has 0 aliphatic rings. The highest BCUT2D eigenvalue weighted by Crippen LogP contribution is 2.27. The number of hydrogen-bond donors (Lipinski definition) is 0. The van der Waals surface area contributed by atoms with Crippen molar-refractivity contribution in [1.82, 2.24) is 0 Å². The Hall–Kier alpha value is -1.58. The predicted octanol–water partition coefficient (Wildman–Crippen LogP) is 3.71. The molecule has 0 N–H and O–H groups in total. The second-order valence-electron chi connectivity index (χ2n) is 3.40. The molecule has 0 fully saturated rings. The van der Waals surface area contributed by atoms with E-state index in [9.17, 15) is 8.78 Å². The zero-order valence-corrected chi connectivity index (χ0v) is 9.84. The smallest absolute Gasteiger partial charge is 0.204 e. The average Bonchev–Trinajstić information content (AvgIpc) is 2.33. The van der Waals surface area contributed by atoms with Crippen LogP contribution in [-0.4, -0.2) is 13.2 Å². The summed E-state index contributed by atoms with van der Waals surface area (Å²) in [5, 5.41) is 0. The van der Waals surface area contributed by atoms with Crippen LogP contribution in [0.5, 0.6) is 11.5 Å². The second kappa shape index (κ2) is 6.89. The molecule has 0 aromatic heterocycles. The molecule has 1 rings (SSSR count). The Morgan fingerprint density at radius 1 is 1.18 bits per heavy atom. The molecule has 0 saturated heterocycles. The highest BCUT2D eigenvalue weighted by atomic mass is 19.2. The molecule has 0 radical (unpaired) electrons. The van der Waals surface area contributed by atoms with Gasteiger partial charge in [-0.05, 0) is 31.9 Å². The van der Waals surface area contributed by atoms with Gasteiger partial charge in [-0.1, -0.05) is 6.08 Å². The molecule has 0 unspecified atom stereocenters. The molecule has 0 aliphatic heterocycles. The van der Waals surface area contributed by atoms with Gasteiger partial charge in [-0.2, -0.15) is 8.78 Å². The van der Waals surface area contributed by atoms with Gasteiger partial charge < -0.3 is 9.47 Å². The van der Waals surface area contributed by atoms with Crippen LogP contribution in [0.3, 0.4) is 0 Å². The van der Waals surface area contributed by atoms with Crippen molar-refractivity contribution in [2.45, 2.75) is 19.8 Å². The summed E-state index contributed by atoms with van der Waals surface area (Å²) in [6.45, 7) is 5.89. The fraction of sp³-hybridized carbons (Fsp3) is 0.385. The molecule has 94 valence electrons. The molecule has 17 heavy (non-hydrogen) atoms. The average molecular weight is 242 g/mol. The normalized spacial score (nSPS) is 10.1. The third-order valence-electron chi connectivity index (χ3n) is 2.12. The predicted molar refractivity (Wildman–Crippen MR) is 62.5 cm³/mol. The number of benzene rings is 1. The highest BCUT2D eigenvalue weighted by molar-refractivity contribution is 5.34. The first-order chi connectivity index (χ1) is 8.20. The summed E-state index contributed by atoms with van der Waals surface area (Å²) in [6, 6.07) is 2.74. The van der Waals surface area contributed by atoms with E-state index in [1.54, 1.807) is 13.0 Å². The molecule has 1 aromatic carbocycles. The largest absolute Gasteiger partial charge is 0.491 e. The molecule has 0 heterocycles. The number of halogens is 2. The Kier molecular flexibility index (Phi) is 5.46. The van der Waals surface area contributed by atoms with Gasteiger partial charge in [0.2, 0.25) is 11.6 Å². The van der Waals surface area contributed by atoms with Crippen LogP contribution in [0, 0.1) is 11.6 Å². The number of allylic oxidation sites excluding steroid dienone is 1. The minimum absolute atomic E-state index is 0.0879. The van der Waals surface area contributed by atoms with Crippen molar-refractivity contribution >= 4 is 0 Å². The number of rotatable bonds is 7. The van der Waals surface area contributed by atoms with Crippen molar-refractivity contribution in [2.24, 2.45) is 0 Å². The zero-order valence-electron chi connectivity index (χ0n) is 9.84. The van der Waals surface area contributed by atoms with Crippen molar-refractivity contribution < 1.29 is 18.3 Å². The van der Waals surface area contributed by atoms with Gasteiger partial charge in [0.05, 0.1) is 13.2 Å². The fourth-order valence-corrected chi connectivity index (χ4v) is 1.30. The van der Waals surface area contributed by atoms with Gasteiger partial charge in [0.25, 0.3) is 0 Å². The van der Waals surface area contributed by atoms with Crippen LogP contribution in [0.1, 0.15) is 19.8 Å². The van der Waals surface area contributed by atoms with Gasteiger partial charge in [0.15, 0.2) is 11.5 Å². The van der Waals surface area contributed by atoms with Crippen LogP contribution in [0.2, 0.25) is 0 Å². The van der Waals surface area contributed by atoms with Crippen LogP contribution in [-0.2, 0) is 0 Å². The van der Waals surface area contributed by atoms with E-state index < -0.39 is 11.6 Å². The third-order valence-corrected chi connectivity index (χ3v) is 2.12. The van der Waals surface area contributed by atoms with Crippen molar-refractivity contribution in [3.63, 3.8) is 0 Å². The molecular weight excluding hydrogens is 226 g/mol. The van der Waals surface area contributed by atoms with Crippen molar-refractivity contribution in [1.29, 1.82) is 0 Å². The molecule has 2 nitrogen and oxygen atoms in total. The maximum absolute atomic E-state index is 13.5. The van der Waals surface area contributed by atoms with E-state index in [2.05, 4.69) is 6.58 Å². The first-order valence-electron chi connectivity index (χ1n) is 5.55. The molecule has 0 saturated carbocycles. The Morgan fingerprint density at radius 2 is 1.76 bits per heavy atom. The van der Waals surface area contributed by atoms with Crippen LogP contribution >= 0.6 is 0 Å². The Morgan fingerprint density at radius 3 is 2.29 bits per heavy atom. The summed E-state index contributed by atoms with van der Waals surface area (Å²) in [7, 11) is 0. The van der Waals surface area contributed by atoms with E-state index in [4.69, 9.17) is 9.47 Å². The zero-order chi connectivity index (χ0) is 12.7.